The maximum Gasteiger partial charge on any atom is 0.0896 e. The van der Waals surface area contributed by atoms with Crippen LogP contribution in [-0.4, -0.2) is 36.9 Å². The molecule has 2 rings (SSSR count). The smallest absolute Gasteiger partial charge is 0.0896 e. The minimum absolute atomic E-state index is 0.0206. The van der Waals surface area contributed by atoms with Gasteiger partial charge >= 0.3 is 0 Å². The summed E-state index contributed by atoms with van der Waals surface area (Å²) in [5.41, 5.74) is 22.7. The third kappa shape index (κ3) is 0.800. The van der Waals surface area contributed by atoms with E-state index in [1.165, 1.54) is 0 Å². The molecule has 5 atom stereocenters. The van der Waals surface area contributed by atoms with Crippen LogP contribution >= 0.6 is 0 Å². The van der Waals surface area contributed by atoms with Gasteiger partial charge in [0.15, 0.2) is 0 Å². The molecule has 5 nitrogen and oxygen atoms in total. The van der Waals surface area contributed by atoms with E-state index in [4.69, 9.17) is 27.7 Å². The first-order chi connectivity index (χ1) is 5.62. The zero-order chi connectivity index (χ0) is 8.93. The lowest BCUT2D eigenvalue weighted by Crippen LogP contribution is -2.55. The average molecular weight is 172 g/mol. The molecule has 1 aliphatic heterocycles. The van der Waals surface area contributed by atoms with Crippen LogP contribution in [0.1, 0.15) is 0 Å². The molecule has 0 amide bonds. The van der Waals surface area contributed by atoms with Gasteiger partial charge in [-0.1, -0.05) is 0 Å². The molecule has 0 radical (unpaired) electrons. The first-order valence-corrected chi connectivity index (χ1v) is 4.24. The summed E-state index contributed by atoms with van der Waals surface area (Å²) in [4.78, 5) is 0. The maximum absolute atomic E-state index is 6.03. The number of ether oxygens (including phenoxy) is 1. The summed E-state index contributed by atoms with van der Waals surface area (Å²) in [5.74, 6) is 0.194. The standard InChI is InChI=1S/C7H16N4O/c8-1-4-7(11)5(6(7)10)3(9)2-12-4/h3-6H,1-2,8-11H2. The van der Waals surface area contributed by atoms with Crippen LogP contribution in [0.4, 0.5) is 0 Å². The van der Waals surface area contributed by atoms with E-state index in [0.29, 0.717) is 13.2 Å². The van der Waals surface area contributed by atoms with Crippen molar-refractivity contribution in [3.05, 3.63) is 0 Å². The van der Waals surface area contributed by atoms with Gasteiger partial charge in [0.25, 0.3) is 0 Å². The number of hydrogen-bond acceptors (Lipinski definition) is 5. The SMILES string of the molecule is NCC1OCC(N)C2C(N)C12N. The van der Waals surface area contributed by atoms with Crippen LogP contribution in [0.2, 0.25) is 0 Å². The molecule has 1 saturated heterocycles. The van der Waals surface area contributed by atoms with E-state index >= 15 is 0 Å². The van der Waals surface area contributed by atoms with Crippen LogP contribution in [0.5, 0.6) is 0 Å². The van der Waals surface area contributed by atoms with Gasteiger partial charge in [0.1, 0.15) is 0 Å². The molecule has 1 saturated carbocycles. The maximum atomic E-state index is 6.03. The van der Waals surface area contributed by atoms with Gasteiger partial charge in [-0.15, -0.1) is 0 Å². The Labute approximate surface area is 71.4 Å². The van der Waals surface area contributed by atoms with Crippen molar-refractivity contribution in [2.45, 2.75) is 23.7 Å². The molecule has 2 fully saturated rings. The highest BCUT2D eigenvalue weighted by Crippen LogP contribution is 2.47. The first-order valence-electron chi connectivity index (χ1n) is 4.24. The summed E-state index contributed by atoms with van der Waals surface area (Å²) in [6, 6.07) is -0.0589. The van der Waals surface area contributed by atoms with Crippen molar-refractivity contribution in [2.24, 2.45) is 28.9 Å². The second-order valence-electron chi connectivity index (χ2n) is 3.77. The van der Waals surface area contributed by atoms with Crippen LogP contribution in [0.3, 0.4) is 0 Å². The van der Waals surface area contributed by atoms with Crippen molar-refractivity contribution >= 4 is 0 Å². The minimum atomic E-state index is -0.452. The average Bonchev–Trinajstić information content (AvgIpc) is 2.57. The molecular weight excluding hydrogens is 156 g/mol. The van der Waals surface area contributed by atoms with Crippen molar-refractivity contribution in [3.8, 4) is 0 Å². The fourth-order valence-corrected chi connectivity index (χ4v) is 2.30. The third-order valence-electron chi connectivity index (χ3n) is 3.16. The number of fused-ring (bicyclic) bond motifs is 1. The van der Waals surface area contributed by atoms with E-state index in [0.717, 1.165) is 0 Å². The Balaban J connectivity index is 2.16. The Hall–Kier alpha value is -0.200. The Morgan fingerprint density at radius 1 is 1.42 bits per heavy atom. The highest BCUT2D eigenvalue weighted by atomic mass is 16.5. The summed E-state index contributed by atoms with van der Waals surface area (Å²) < 4.78 is 5.41. The van der Waals surface area contributed by atoms with Gasteiger partial charge in [-0.3, -0.25) is 0 Å². The Morgan fingerprint density at radius 2 is 2.08 bits per heavy atom. The predicted molar refractivity (Wildman–Crippen MR) is 45.2 cm³/mol. The van der Waals surface area contributed by atoms with Gasteiger partial charge in [0.05, 0.1) is 18.2 Å². The molecule has 0 aromatic heterocycles. The van der Waals surface area contributed by atoms with E-state index in [9.17, 15) is 0 Å². The third-order valence-corrected chi connectivity index (χ3v) is 3.16. The monoisotopic (exact) mass is 172 g/mol. The molecule has 8 N–H and O–H groups in total. The van der Waals surface area contributed by atoms with Crippen LogP contribution in [-0.2, 0) is 4.74 Å². The predicted octanol–water partition coefficient (Wildman–Crippen LogP) is -2.67. The Morgan fingerprint density at radius 3 is 2.67 bits per heavy atom. The van der Waals surface area contributed by atoms with Crippen molar-refractivity contribution in [2.75, 3.05) is 13.2 Å². The highest BCUT2D eigenvalue weighted by molar-refractivity contribution is 5.28. The largest absolute Gasteiger partial charge is 0.373 e. The molecular formula is C7H16N4O. The second-order valence-corrected chi connectivity index (χ2v) is 3.77. The first kappa shape index (κ1) is 8.40. The molecule has 70 valence electrons. The zero-order valence-corrected chi connectivity index (χ0v) is 6.94. The molecule has 5 unspecified atom stereocenters. The summed E-state index contributed by atoms with van der Waals surface area (Å²) in [6.07, 6.45) is -0.114. The van der Waals surface area contributed by atoms with Crippen molar-refractivity contribution in [3.63, 3.8) is 0 Å². The summed E-state index contributed by atoms with van der Waals surface area (Å²) in [7, 11) is 0. The van der Waals surface area contributed by atoms with Crippen molar-refractivity contribution in [1.29, 1.82) is 0 Å². The van der Waals surface area contributed by atoms with E-state index in [1.807, 2.05) is 0 Å². The van der Waals surface area contributed by atoms with E-state index in [1.54, 1.807) is 0 Å². The lowest BCUT2D eigenvalue weighted by Gasteiger charge is -2.31. The Kier molecular flexibility index (Phi) is 1.68. The summed E-state index contributed by atoms with van der Waals surface area (Å²) in [6.45, 7) is 0.951. The van der Waals surface area contributed by atoms with Crippen molar-refractivity contribution < 1.29 is 4.74 Å². The minimum Gasteiger partial charge on any atom is -0.373 e. The molecule has 0 spiro atoms. The van der Waals surface area contributed by atoms with Crippen LogP contribution < -0.4 is 22.9 Å². The van der Waals surface area contributed by atoms with Gasteiger partial charge in [-0.2, -0.15) is 0 Å². The van der Waals surface area contributed by atoms with Crippen LogP contribution in [0, 0.1) is 5.92 Å². The van der Waals surface area contributed by atoms with Gasteiger partial charge in [0.2, 0.25) is 0 Å². The van der Waals surface area contributed by atoms with Crippen molar-refractivity contribution in [1.82, 2.24) is 0 Å². The zero-order valence-electron chi connectivity index (χ0n) is 6.94. The molecule has 0 aromatic rings. The van der Waals surface area contributed by atoms with Gasteiger partial charge in [-0.25, -0.2) is 0 Å². The highest BCUT2D eigenvalue weighted by Gasteiger charge is 2.68. The van der Waals surface area contributed by atoms with E-state index in [2.05, 4.69) is 0 Å². The van der Waals surface area contributed by atoms with Gasteiger partial charge in [-0.05, 0) is 0 Å². The van der Waals surface area contributed by atoms with Crippen LogP contribution in [0.15, 0.2) is 0 Å². The number of hydrogen-bond donors (Lipinski definition) is 4. The van der Waals surface area contributed by atoms with Gasteiger partial charge in [0, 0.05) is 24.5 Å². The molecule has 5 heteroatoms. The Bertz CT molecular complexity index is 196. The van der Waals surface area contributed by atoms with Gasteiger partial charge < -0.3 is 27.7 Å². The van der Waals surface area contributed by atoms with E-state index in [-0.39, 0.29) is 24.1 Å². The van der Waals surface area contributed by atoms with E-state index < -0.39 is 5.54 Å². The number of rotatable bonds is 1. The lowest BCUT2D eigenvalue weighted by molar-refractivity contribution is -0.00837. The molecule has 2 aliphatic rings. The molecule has 1 heterocycles. The fraction of sp³-hybridized carbons (Fsp3) is 1.00. The molecule has 0 bridgehead atoms. The summed E-state index contributed by atoms with van der Waals surface area (Å²) >= 11 is 0. The lowest BCUT2D eigenvalue weighted by atomic mass is 10.0. The number of nitrogens with two attached hydrogens (primary N) is 4. The fourth-order valence-electron chi connectivity index (χ4n) is 2.30. The normalized spacial score (nSPS) is 58.0. The molecule has 1 aliphatic carbocycles. The molecule has 0 aromatic carbocycles. The second kappa shape index (κ2) is 2.40. The topological polar surface area (TPSA) is 113 Å². The summed E-state index contributed by atoms with van der Waals surface area (Å²) in [5, 5.41) is 0. The quantitative estimate of drug-likeness (QED) is 0.344. The van der Waals surface area contributed by atoms with Crippen LogP contribution in [0.25, 0.3) is 0 Å². The molecule has 12 heavy (non-hydrogen) atoms.